The molecule has 1 aliphatic rings. The molecule has 1 aromatic carbocycles. The minimum absolute atomic E-state index is 0.804. The molecule has 1 saturated carbocycles. The molecule has 0 aliphatic heterocycles. The van der Waals surface area contributed by atoms with Crippen LogP contribution in [0.2, 0.25) is 0 Å². The predicted octanol–water partition coefficient (Wildman–Crippen LogP) is 4.89. The van der Waals surface area contributed by atoms with Crippen LogP contribution < -0.4 is 0 Å². The van der Waals surface area contributed by atoms with Gasteiger partial charge >= 0.3 is 0 Å². The highest BCUT2D eigenvalue weighted by Gasteiger charge is 2.15. The zero-order valence-corrected chi connectivity index (χ0v) is 10.3. The Labute approximate surface area is 100 Å². The predicted molar refractivity (Wildman–Crippen MR) is 70.6 cm³/mol. The Morgan fingerprint density at radius 3 is 2.25 bits per heavy atom. The van der Waals surface area contributed by atoms with E-state index in [1.807, 2.05) is 0 Å². The molecule has 0 aromatic heterocycles. The van der Waals surface area contributed by atoms with E-state index >= 15 is 0 Å². The van der Waals surface area contributed by atoms with Crippen molar-refractivity contribution in [2.75, 3.05) is 0 Å². The van der Waals surface area contributed by atoms with Crippen LogP contribution in [0, 0.1) is 6.92 Å². The lowest BCUT2D eigenvalue weighted by atomic mass is 9.83. The molecule has 0 N–H and O–H groups in total. The van der Waals surface area contributed by atoms with Gasteiger partial charge in [-0.05, 0) is 43.2 Å². The van der Waals surface area contributed by atoms with E-state index < -0.39 is 0 Å². The second-order valence-electron chi connectivity index (χ2n) is 4.99. The smallest absolute Gasteiger partial charge is 0.0159 e. The second-order valence-corrected chi connectivity index (χ2v) is 4.99. The maximum absolute atomic E-state index is 4.05. The quantitative estimate of drug-likeness (QED) is 0.659. The van der Waals surface area contributed by atoms with Crippen molar-refractivity contribution in [1.29, 1.82) is 0 Å². The minimum Gasteiger partial charge on any atom is -0.0620 e. The zero-order chi connectivity index (χ0) is 11.2. The fraction of sp³-hybridized carbons (Fsp3) is 0.562. The van der Waals surface area contributed by atoms with Crippen LogP contribution in [0.25, 0.3) is 0 Å². The molecule has 1 radical (unpaired) electrons. The van der Waals surface area contributed by atoms with Crippen molar-refractivity contribution in [2.45, 2.75) is 57.3 Å². The molecule has 0 saturated heterocycles. The van der Waals surface area contributed by atoms with Gasteiger partial charge in [-0.25, -0.2) is 0 Å². The maximum atomic E-state index is 4.05. The molecule has 1 aromatic rings. The highest BCUT2D eigenvalue weighted by molar-refractivity contribution is 5.31. The van der Waals surface area contributed by atoms with Crippen LogP contribution >= 0.6 is 0 Å². The van der Waals surface area contributed by atoms with Gasteiger partial charge in [0.1, 0.15) is 0 Å². The fourth-order valence-electron chi connectivity index (χ4n) is 2.93. The molecule has 0 atom stereocenters. The first-order valence-corrected chi connectivity index (χ1v) is 6.79. The van der Waals surface area contributed by atoms with Gasteiger partial charge in [-0.3, -0.25) is 0 Å². The average Bonchev–Trinajstić information content (AvgIpc) is 2.29. The van der Waals surface area contributed by atoms with E-state index in [0.29, 0.717) is 0 Å². The van der Waals surface area contributed by atoms with Gasteiger partial charge < -0.3 is 0 Å². The maximum Gasteiger partial charge on any atom is -0.0159 e. The first kappa shape index (κ1) is 11.7. The summed E-state index contributed by atoms with van der Waals surface area (Å²) in [6, 6.07) is 8.91. The third-order valence-corrected chi connectivity index (χ3v) is 3.87. The zero-order valence-electron chi connectivity index (χ0n) is 10.3. The average molecular weight is 215 g/mol. The summed E-state index contributed by atoms with van der Waals surface area (Å²) in [7, 11) is 0. The van der Waals surface area contributed by atoms with Gasteiger partial charge in [0.05, 0.1) is 0 Å². The molecule has 1 fully saturated rings. The van der Waals surface area contributed by atoms with E-state index in [2.05, 4.69) is 31.2 Å². The van der Waals surface area contributed by atoms with Crippen LogP contribution in [0.15, 0.2) is 24.3 Å². The molecule has 0 heteroatoms. The highest BCUT2D eigenvalue weighted by atomic mass is 14.2. The molecule has 0 unspecified atom stereocenters. The van der Waals surface area contributed by atoms with E-state index in [1.165, 1.54) is 50.5 Å². The Hall–Kier alpha value is -0.780. The summed E-state index contributed by atoms with van der Waals surface area (Å²) >= 11 is 0. The molecular formula is C16H23. The normalized spacial score (nSPS) is 19.1. The summed E-state index contributed by atoms with van der Waals surface area (Å²) in [4.78, 5) is 0. The summed E-state index contributed by atoms with van der Waals surface area (Å²) < 4.78 is 0. The first-order valence-electron chi connectivity index (χ1n) is 6.79. The van der Waals surface area contributed by atoms with Crippen molar-refractivity contribution >= 4 is 0 Å². The third-order valence-electron chi connectivity index (χ3n) is 3.87. The Morgan fingerprint density at radius 2 is 1.56 bits per heavy atom. The molecule has 0 spiro atoms. The van der Waals surface area contributed by atoms with Gasteiger partial charge in [-0.15, -0.1) is 0 Å². The van der Waals surface area contributed by atoms with E-state index in [0.717, 1.165) is 12.3 Å². The van der Waals surface area contributed by atoms with Gasteiger partial charge in [0.15, 0.2) is 0 Å². The molecule has 0 nitrogen and oxygen atoms in total. The van der Waals surface area contributed by atoms with Gasteiger partial charge in [-0.1, -0.05) is 56.4 Å². The topological polar surface area (TPSA) is 0 Å². The van der Waals surface area contributed by atoms with Crippen LogP contribution in [0.1, 0.15) is 62.0 Å². The van der Waals surface area contributed by atoms with Crippen LogP contribution in [0.4, 0.5) is 0 Å². The molecule has 16 heavy (non-hydrogen) atoms. The number of rotatable bonds is 2. The van der Waals surface area contributed by atoms with Crippen molar-refractivity contribution < 1.29 is 0 Å². The molecular weight excluding hydrogens is 192 g/mol. The molecule has 0 amide bonds. The summed E-state index contributed by atoms with van der Waals surface area (Å²) in [5.74, 6) is 0.804. The Morgan fingerprint density at radius 1 is 0.938 bits per heavy atom. The summed E-state index contributed by atoms with van der Waals surface area (Å²) in [6.07, 6.45) is 10.8. The lowest BCUT2D eigenvalue weighted by Crippen LogP contribution is -2.05. The number of benzene rings is 1. The summed E-state index contributed by atoms with van der Waals surface area (Å²) in [6.45, 7) is 4.05. The van der Waals surface area contributed by atoms with Crippen LogP contribution in [-0.2, 0) is 6.42 Å². The number of hydrogen-bond donors (Lipinski definition) is 0. The molecule has 0 heterocycles. The molecule has 2 rings (SSSR count). The van der Waals surface area contributed by atoms with Crippen LogP contribution in [0.3, 0.4) is 0 Å². The van der Waals surface area contributed by atoms with E-state index in [1.54, 1.807) is 5.56 Å². The molecule has 87 valence electrons. The molecule has 0 bridgehead atoms. The van der Waals surface area contributed by atoms with Crippen LogP contribution in [-0.4, -0.2) is 0 Å². The van der Waals surface area contributed by atoms with Gasteiger partial charge in [0.25, 0.3) is 0 Å². The van der Waals surface area contributed by atoms with Gasteiger partial charge in [-0.2, -0.15) is 0 Å². The third kappa shape index (κ3) is 2.87. The van der Waals surface area contributed by atoms with Gasteiger partial charge in [0, 0.05) is 0 Å². The van der Waals surface area contributed by atoms with Crippen molar-refractivity contribution in [3.8, 4) is 0 Å². The monoisotopic (exact) mass is 215 g/mol. The molecule has 1 aliphatic carbocycles. The van der Waals surface area contributed by atoms with Crippen molar-refractivity contribution in [3.63, 3.8) is 0 Å². The number of hydrogen-bond acceptors (Lipinski definition) is 0. The lowest BCUT2D eigenvalue weighted by molar-refractivity contribution is 0.454. The summed E-state index contributed by atoms with van der Waals surface area (Å²) in [5.41, 5.74) is 3.05. The first-order chi connectivity index (χ1) is 7.92. The van der Waals surface area contributed by atoms with Crippen LogP contribution in [0.5, 0.6) is 0 Å². The fourth-order valence-corrected chi connectivity index (χ4v) is 2.93. The summed E-state index contributed by atoms with van der Waals surface area (Å²) in [5, 5.41) is 0. The van der Waals surface area contributed by atoms with Crippen molar-refractivity contribution in [2.24, 2.45) is 0 Å². The largest absolute Gasteiger partial charge is 0.0620 e. The Kier molecular flexibility index (Phi) is 4.44. The van der Waals surface area contributed by atoms with E-state index in [-0.39, 0.29) is 0 Å². The Bertz CT molecular complexity index is 306. The van der Waals surface area contributed by atoms with E-state index in [9.17, 15) is 0 Å². The van der Waals surface area contributed by atoms with Gasteiger partial charge in [0.2, 0.25) is 0 Å². The SMILES string of the molecule is [CH2]Cc1ccccc1C1CCCCCCC1. The standard InChI is InChI=1S/C16H23/c1-2-14-10-8-9-13-16(14)15-11-6-4-3-5-7-12-15/h8-10,13,15H,1-7,11-12H2. The Balaban J connectivity index is 2.13. The highest BCUT2D eigenvalue weighted by Crippen LogP contribution is 2.32. The minimum atomic E-state index is 0.804. The second kappa shape index (κ2) is 6.08. The van der Waals surface area contributed by atoms with E-state index in [4.69, 9.17) is 0 Å². The lowest BCUT2D eigenvalue weighted by Gasteiger charge is -2.22. The van der Waals surface area contributed by atoms with Crippen molar-refractivity contribution in [1.82, 2.24) is 0 Å². The van der Waals surface area contributed by atoms with Crippen molar-refractivity contribution in [3.05, 3.63) is 42.3 Å².